The molecule has 9 heteroatoms. The Balaban J connectivity index is 1.49. The number of rotatable bonds is 7. The molecule has 4 heterocycles. The van der Waals surface area contributed by atoms with Crippen LogP contribution in [0, 0.1) is 17.7 Å². The monoisotopic (exact) mass is 489 g/mol. The second-order valence-corrected chi connectivity index (χ2v) is 9.29. The van der Waals surface area contributed by atoms with Crippen LogP contribution in [0.1, 0.15) is 35.3 Å². The molecule has 36 heavy (non-hydrogen) atoms. The van der Waals surface area contributed by atoms with Crippen LogP contribution in [-0.4, -0.2) is 43.1 Å². The van der Waals surface area contributed by atoms with Gasteiger partial charge in [0.2, 0.25) is 5.91 Å². The Bertz CT molecular complexity index is 1330. The maximum Gasteiger partial charge on any atom is 0.258 e. The summed E-state index contributed by atoms with van der Waals surface area (Å²) in [6.07, 6.45) is 8.49. The molecule has 3 aromatic rings. The zero-order chi connectivity index (χ0) is 25.2. The van der Waals surface area contributed by atoms with Crippen LogP contribution in [0.5, 0.6) is 0 Å². The molecule has 2 aliphatic heterocycles. The number of aliphatic hydroxyl groups is 1. The number of allylic oxidation sites excluding steroid dienone is 1. The van der Waals surface area contributed by atoms with Crippen LogP contribution in [0.2, 0.25) is 0 Å². The number of likely N-dealkylation sites (tertiary alicyclic amines) is 1. The van der Waals surface area contributed by atoms with Gasteiger partial charge in [-0.25, -0.2) is 14.4 Å². The van der Waals surface area contributed by atoms with Crippen molar-refractivity contribution >= 4 is 12.0 Å². The number of halogens is 1. The van der Waals surface area contributed by atoms with Crippen molar-refractivity contribution in [3.63, 3.8) is 0 Å². The summed E-state index contributed by atoms with van der Waals surface area (Å²) >= 11 is 0. The fourth-order valence-electron chi connectivity index (χ4n) is 5.63. The summed E-state index contributed by atoms with van der Waals surface area (Å²) in [7, 11) is 0. The van der Waals surface area contributed by atoms with E-state index >= 15 is 0 Å². The quantitative estimate of drug-likeness (QED) is 0.528. The van der Waals surface area contributed by atoms with Crippen LogP contribution < -0.4 is 10.9 Å². The zero-order valence-electron chi connectivity index (χ0n) is 19.9. The number of benzene rings is 1. The molecule has 4 atom stereocenters. The number of carbonyl (C=O) groups is 1. The van der Waals surface area contributed by atoms with Crippen LogP contribution in [0.25, 0.3) is 6.08 Å². The van der Waals surface area contributed by atoms with E-state index in [-0.39, 0.29) is 48.3 Å². The van der Waals surface area contributed by atoms with Crippen molar-refractivity contribution in [2.24, 2.45) is 11.8 Å². The molecule has 2 aliphatic rings. The van der Waals surface area contributed by atoms with Crippen LogP contribution in [0.3, 0.4) is 0 Å². The number of nitrogens with one attached hydrogen (secondary N) is 1. The van der Waals surface area contributed by atoms with Crippen molar-refractivity contribution in [1.82, 2.24) is 24.8 Å². The molecule has 186 valence electrons. The van der Waals surface area contributed by atoms with Gasteiger partial charge in [0, 0.05) is 67.3 Å². The van der Waals surface area contributed by atoms with Gasteiger partial charge in [0.15, 0.2) is 0 Å². The first-order valence-electron chi connectivity index (χ1n) is 12.0. The van der Waals surface area contributed by atoms with E-state index in [4.69, 9.17) is 0 Å². The van der Waals surface area contributed by atoms with Gasteiger partial charge >= 0.3 is 0 Å². The van der Waals surface area contributed by atoms with Crippen LogP contribution in [0.15, 0.2) is 66.0 Å². The minimum Gasteiger partial charge on any atom is -0.396 e. The third-order valence-electron chi connectivity index (χ3n) is 7.19. The lowest BCUT2D eigenvalue weighted by Crippen LogP contribution is -2.48. The van der Waals surface area contributed by atoms with Gasteiger partial charge in [-0.2, -0.15) is 0 Å². The number of aromatic nitrogens is 3. The fourth-order valence-corrected chi connectivity index (χ4v) is 5.63. The number of amides is 1. The Hall–Kier alpha value is -3.69. The van der Waals surface area contributed by atoms with E-state index in [9.17, 15) is 19.1 Å². The molecular weight excluding hydrogens is 461 g/mol. The van der Waals surface area contributed by atoms with E-state index in [2.05, 4.69) is 20.2 Å². The van der Waals surface area contributed by atoms with Gasteiger partial charge < -0.3 is 15.0 Å². The number of pyridine rings is 1. The van der Waals surface area contributed by atoms with Crippen LogP contribution in [0.4, 0.5) is 4.39 Å². The van der Waals surface area contributed by atoms with Gasteiger partial charge in [-0.1, -0.05) is 24.3 Å². The Labute approximate surface area is 208 Å². The molecule has 0 spiro atoms. The molecule has 5 rings (SSSR count). The third-order valence-corrected chi connectivity index (χ3v) is 7.19. The van der Waals surface area contributed by atoms with Gasteiger partial charge in [0.25, 0.3) is 5.56 Å². The molecule has 0 bridgehead atoms. The number of hydrogen-bond donors (Lipinski definition) is 2. The highest BCUT2D eigenvalue weighted by Gasteiger charge is 2.55. The number of fused-ring (bicyclic) bond motifs is 3. The normalized spacial score (nSPS) is 23.1. The summed E-state index contributed by atoms with van der Waals surface area (Å²) in [6, 6.07) is 8.90. The molecule has 1 aromatic carbocycles. The molecule has 1 amide bonds. The second-order valence-electron chi connectivity index (χ2n) is 9.29. The highest BCUT2D eigenvalue weighted by molar-refractivity contribution is 5.82. The highest BCUT2D eigenvalue weighted by Crippen LogP contribution is 2.49. The molecule has 2 N–H and O–H groups in total. The Morgan fingerprint density at radius 3 is 2.61 bits per heavy atom. The summed E-state index contributed by atoms with van der Waals surface area (Å²) in [5, 5.41) is 13.4. The minimum atomic E-state index is -0.621. The topological polar surface area (TPSA) is 100 Å². The van der Waals surface area contributed by atoms with Gasteiger partial charge in [-0.15, -0.1) is 0 Å². The maximum atomic E-state index is 13.6. The lowest BCUT2D eigenvalue weighted by atomic mass is 9.88. The third kappa shape index (κ3) is 4.36. The first-order chi connectivity index (χ1) is 17.5. The first kappa shape index (κ1) is 24.0. The maximum absolute atomic E-state index is 13.6. The highest BCUT2D eigenvalue weighted by atomic mass is 19.1. The lowest BCUT2D eigenvalue weighted by molar-refractivity contribution is -0.128. The van der Waals surface area contributed by atoms with Crippen molar-refractivity contribution in [3.8, 4) is 0 Å². The van der Waals surface area contributed by atoms with E-state index in [0.29, 0.717) is 18.7 Å². The summed E-state index contributed by atoms with van der Waals surface area (Å²) in [4.78, 5) is 37.0. The molecule has 2 aromatic heterocycles. The molecule has 0 radical (unpaired) electrons. The van der Waals surface area contributed by atoms with E-state index in [1.54, 1.807) is 35.2 Å². The zero-order valence-corrected chi connectivity index (χ0v) is 19.9. The average Bonchev–Trinajstić information content (AvgIpc) is 3.41. The van der Waals surface area contributed by atoms with Crippen molar-refractivity contribution < 1.29 is 14.3 Å². The van der Waals surface area contributed by atoms with Gasteiger partial charge in [0.05, 0.1) is 12.1 Å². The fraction of sp³-hybridized carbons (Fsp3) is 0.333. The van der Waals surface area contributed by atoms with Crippen molar-refractivity contribution in [2.45, 2.75) is 38.6 Å². The molecule has 8 nitrogen and oxygen atoms in total. The molecule has 0 aliphatic carbocycles. The van der Waals surface area contributed by atoms with Crippen molar-refractivity contribution in [1.29, 1.82) is 0 Å². The Morgan fingerprint density at radius 2 is 1.92 bits per heavy atom. The number of hydrogen-bond acceptors (Lipinski definition) is 6. The largest absolute Gasteiger partial charge is 0.396 e. The summed E-state index contributed by atoms with van der Waals surface area (Å²) in [5.74, 6) is -1.05. The van der Waals surface area contributed by atoms with E-state index in [0.717, 1.165) is 16.8 Å². The molecule has 0 saturated carbocycles. The Kier molecular flexibility index (Phi) is 6.75. The number of nitrogens with zero attached hydrogens (tertiary/aromatic N) is 4. The number of carbonyl (C=O) groups excluding carboxylic acids is 1. The second kappa shape index (κ2) is 10.1. The van der Waals surface area contributed by atoms with E-state index < -0.39 is 6.04 Å². The first-order valence-corrected chi connectivity index (χ1v) is 12.0. The van der Waals surface area contributed by atoms with Gasteiger partial charge in [-0.3, -0.25) is 14.5 Å². The molecular formula is C27H28FN5O3. The summed E-state index contributed by atoms with van der Waals surface area (Å²) < 4.78 is 15.0. The van der Waals surface area contributed by atoms with Gasteiger partial charge in [0.1, 0.15) is 12.1 Å². The minimum absolute atomic E-state index is 0.0722. The lowest BCUT2D eigenvalue weighted by Gasteiger charge is -2.30. The van der Waals surface area contributed by atoms with Crippen LogP contribution >= 0.6 is 0 Å². The van der Waals surface area contributed by atoms with Crippen molar-refractivity contribution in [2.75, 3.05) is 6.61 Å². The SMILES string of the molecule is C/C=C\c1ccc2n(c1=O)C[C@H]1[C@H](CO)[C@@H](C(=O)NCc3ccc(F)cc3)N(Cc3cncnc3)[C@@H]21. The Morgan fingerprint density at radius 1 is 1.17 bits per heavy atom. The average molecular weight is 490 g/mol. The molecule has 1 saturated heterocycles. The van der Waals surface area contributed by atoms with E-state index in [1.165, 1.54) is 18.5 Å². The molecule has 1 fully saturated rings. The van der Waals surface area contributed by atoms with E-state index in [1.807, 2.05) is 25.1 Å². The number of aliphatic hydroxyl groups excluding tert-OH is 1. The standard InChI is InChI=1S/C27H28FN5O3/c1-2-3-19-6-9-23-24-21(14-32(23)27(19)36)22(15-34)25(33(24)13-18-10-29-16-30-11-18)26(35)31-12-17-4-7-20(28)8-5-17/h2-11,16,21-22,24-25,34H,12-15H2,1H3,(H,31,35)/b3-2-/t21-,22-,24+,25-/m0/s1. The predicted octanol–water partition coefficient (Wildman–Crippen LogP) is 2.29. The summed E-state index contributed by atoms with van der Waals surface area (Å²) in [6.45, 7) is 2.74. The van der Waals surface area contributed by atoms with Crippen molar-refractivity contribution in [3.05, 3.63) is 99.8 Å². The predicted molar refractivity (Wildman–Crippen MR) is 132 cm³/mol. The van der Waals surface area contributed by atoms with Gasteiger partial charge in [-0.05, 0) is 36.8 Å². The summed E-state index contributed by atoms with van der Waals surface area (Å²) in [5.41, 5.74) is 2.98. The smallest absolute Gasteiger partial charge is 0.258 e. The molecule has 0 unspecified atom stereocenters. The van der Waals surface area contributed by atoms with Crippen LogP contribution in [-0.2, 0) is 24.4 Å².